The lowest BCUT2D eigenvalue weighted by Crippen LogP contribution is -2.42. The number of carbonyl (C=O) groups excluding carboxylic acids is 2. The van der Waals surface area contributed by atoms with Crippen LogP contribution in [-0.4, -0.2) is 52.9 Å². The van der Waals surface area contributed by atoms with Crippen molar-refractivity contribution in [1.82, 2.24) is 9.80 Å². The standard InChI is InChI=1S/C18H28N4O.C6H9NO.4C2H6/c1-13(19)15-4-3-9-22(14(15)2)17(23)12-16(20)21-10-7-18(5-6-18)8-11-21;1-3-6(4-8)5(2)7;4*1-2/h3-4,9,12-14H,5-8,10-11,19-20H2,1-2H3;3-4,7H,1-2H3;4*1-2H3/b16-12+;6-3-,7-5?;;;;. The monoisotopic (exact) mass is 547 g/mol. The lowest BCUT2D eigenvalue weighted by atomic mass is 9.94. The van der Waals surface area contributed by atoms with E-state index in [0.717, 1.165) is 18.7 Å². The van der Waals surface area contributed by atoms with E-state index in [1.54, 1.807) is 37.1 Å². The zero-order valence-corrected chi connectivity index (χ0v) is 27.2. The maximum Gasteiger partial charge on any atom is 0.254 e. The van der Waals surface area contributed by atoms with Crippen LogP contribution in [0, 0.1) is 10.8 Å². The van der Waals surface area contributed by atoms with Crippen LogP contribution in [0.1, 0.15) is 109 Å². The first-order valence-corrected chi connectivity index (χ1v) is 15.0. The van der Waals surface area contributed by atoms with Gasteiger partial charge < -0.3 is 26.7 Å². The van der Waals surface area contributed by atoms with Crippen molar-refractivity contribution < 1.29 is 9.59 Å². The highest BCUT2D eigenvalue weighted by Crippen LogP contribution is 2.53. The van der Waals surface area contributed by atoms with Crippen molar-refractivity contribution in [2.24, 2.45) is 16.9 Å². The third-order valence-electron chi connectivity index (χ3n) is 6.50. The molecule has 0 aromatic carbocycles. The minimum absolute atomic E-state index is 0.0346. The molecule has 2 heterocycles. The molecule has 0 radical (unpaired) electrons. The van der Waals surface area contributed by atoms with Gasteiger partial charge in [0.15, 0.2) is 6.29 Å². The second kappa shape index (κ2) is 23.2. The molecule has 0 bridgehead atoms. The summed E-state index contributed by atoms with van der Waals surface area (Å²) >= 11 is 0. The Morgan fingerprint density at radius 1 is 1.05 bits per heavy atom. The Bertz CT molecular complexity index is 810. The fourth-order valence-electron chi connectivity index (χ4n) is 4.05. The molecule has 1 saturated carbocycles. The summed E-state index contributed by atoms with van der Waals surface area (Å²) in [6.45, 7) is 25.2. The van der Waals surface area contributed by atoms with Gasteiger partial charge in [0.05, 0.1) is 6.04 Å². The number of hydrogen-bond acceptors (Lipinski definition) is 6. The van der Waals surface area contributed by atoms with Gasteiger partial charge in [0.2, 0.25) is 0 Å². The normalized spacial score (nSPS) is 19.3. The largest absolute Gasteiger partial charge is 0.385 e. The van der Waals surface area contributed by atoms with E-state index in [1.807, 2.05) is 81.4 Å². The molecule has 39 heavy (non-hydrogen) atoms. The number of amides is 1. The van der Waals surface area contributed by atoms with Crippen molar-refractivity contribution in [2.75, 3.05) is 13.1 Å². The number of rotatable bonds is 5. The highest BCUT2D eigenvalue weighted by molar-refractivity contribution is 6.11. The molecule has 3 aliphatic rings. The maximum atomic E-state index is 12.6. The third-order valence-corrected chi connectivity index (χ3v) is 6.50. The molecule has 7 nitrogen and oxygen atoms in total. The summed E-state index contributed by atoms with van der Waals surface area (Å²) in [5.41, 5.74) is 14.6. The number of hydrogen-bond donors (Lipinski definition) is 3. The van der Waals surface area contributed by atoms with E-state index in [-0.39, 0.29) is 18.0 Å². The van der Waals surface area contributed by atoms with Crippen LogP contribution >= 0.6 is 0 Å². The SMILES string of the molecule is C/C=C(/C=O)C(C)=N.CC.CC.CC.CC.CC(N)C1=CC=CN(C(=O)/C=C(\N)N2CCC3(CC2)CC3)C1C. The summed E-state index contributed by atoms with van der Waals surface area (Å²) in [4.78, 5) is 26.4. The minimum atomic E-state index is -0.0794. The van der Waals surface area contributed by atoms with E-state index in [0.29, 0.717) is 28.8 Å². The number of likely N-dealkylation sites (tertiary alicyclic amines) is 1. The second-order valence-corrected chi connectivity index (χ2v) is 8.76. The first-order chi connectivity index (χ1) is 18.6. The Labute approximate surface area is 241 Å². The number of nitrogens with two attached hydrogens (primary N) is 2. The highest BCUT2D eigenvalue weighted by Gasteiger charge is 2.44. The van der Waals surface area contributed by atoms with Gasteiger partial charge in [0.1, 0.15) is 5.82 Å². The molecule has 1 aliphatic carbocycles. The molecule has 3 rings (SSSR count). The smallest absolute Gasteiger partial charge is 0.254 e. The summed E-state index contributed by atoms with van der Waals surface area (Å²) in [6.07, 6.45) is 14.7. The molecule has 0 aromatic heterocycles. The van der Waals surface area contributed by atoms with Gasteiger partial charge in [-0.15, -0.1) is 0 Å². The summed E-state index contributed by atoms with van der Waals surface area (Å²) in [6, 6.07) is -0.101. The van der Waals surface area contributed by atoms with Crippen LogP contribution in [0.5, 0.6) is 0 Å². The average molecular weight is 548 g/mol. The first kappa shape index (κ1) is 40.8. The Kier molecular flexibility index (Phi) is 24.3. The van der Waals surface area contributed by atoms with E-state index in [1.165, 1.54) is 25.7 Å². The molecule has 226 valence electrons. The van der Waals surface area contributed by atoms with Gasteiger partial charge in [-0.3, -0.25) is 9.59 Å². The summed E-state index contributed by atoms with van der Waals surface area (Å²) < 4.78 is 0. The minimum Gasteiger partial charge on any atom is -0.385 e. The van der Waals surface area contributed by atoms with Gasteiger partial charge in [-0.1, -0.05) is 67.5 Å². The second-order valence-electron chi connectivity index (χ2n) is 8.76. The van der Waals surface area contributed by atoms with Gasteiger partial charge >= 0.3 is 0 Å². The topological polar surface area (TPSA) is 117 Å². The highest BCUT2D eigenvalue weighted by atomic mass is 16.2. The van der Waals surface area contributed by atoms with E-state index in [2.05, 4.69) is 4.90 Å². The van der Waals surface area contributed by atoms with Crippen LogP contribution < -0.4 is 11.5 Å². The Morgan fingerprint density at radius 3 is 1.87 bits per heavy atom. The Hall–Kier alpha value is -2.67. The van der Waals surface area contributed by atoms with Gasteiger partial charge in [0.25, 0.3) is 5.91 Å². The Balaban J connectivity index is -0.000000683. The van der Waals surface area contributed by atoms with E-state index in [9.17, 15) is 9.59 Å². The molecular formula is C32H61N5O2. The number of carbonyl (C=O) groups is 2. The van der Waals surface area contributed by atoms with Crippen LogP contribution in [0.3, 0.4) is 0 Å². The summed E-state index contributed by atoms with van der Waals surface area (Å²) in [7, 11) is 0. The molecular weight excluding hydrogens is 486 g/mol. The Morgan fingerprint density at radius 2 is 1.54 bits per heavy atom. The molecule has 1 saturated heterocycles. The maximum absolute atomic E-state index is 12.6. The van der Waals surface area contributed by atoms with Crippen molar-refractivity contribution in [2.45, 2.75) is 121 Å². The summed E-state index contributed by atoms with van der Waals surface area (Å²) in [5, 5.41) is 6.95. The zero-order chi connectivity index (χ0) is 31.2. The molecule has 2 aliphatic heterocycles. The average Bonchev–Trinajstić information content (AvgIpc) is 3.72. The van der Waals surface area contributed by atoms with Crippen LogP contribution in [0.2, 0.25) is 0 Å². The molecule has 2 fully saturated rings. The fourth-order valence-corrected chi connectivity index (χ4v) is 4.05. The number of piperidine rings is 1. The van der Waals surface area contributed by atoms with Gasteiger partial charge in [-0.2, -0.15) is 0 Å². The number of nitrogens with one attached hydrogen (secondary N) is 1. The van der Waals surface area contributed by atoms with Crippen molar-refractivity contribution in [3.05, 3.63) is 47.5 Å². The van der Waals surface area contributed by atoms with Gasteiger partial charge in [0, 0.05) is 42.7 Å². The van der Waals surface area contributed by atoms with E-state index in [4.69, 9.17) is 16.9 Å². The van der Waals surface area contributed by atoms with E-state index >= 15 is 0 Å². The molecule has 2 unspecified atom stereocenters. The number of nitrogens with zero attached hydrogens (tertiary/aromatic N) is 2. The van der Waals surface area contributed by atoms with Crippen LogP contribution in [-0.2, 0) is 9.59 Å². The molecule has 7 heteroatoms. The van der Waals surface area contributed by atoms with Crippen molar-refractivity contribution in [3.63, 3.8) is 0 Å². The van der Waals surface area contributed by atoms with Crippen LogP contribution in [0.25, 0.3) is 0 Å². The predicted octanol–water partition coefficient (Wildman–Crippen LogP) is 6.96. The van der Waals surface area contributed by atoms with Crippen LogP contribution in [0.4, 0.5) is 0 Å². The molecule has 1 amide bonds. The molecule has 5 N–H and O–H groups in total. The van der Waals surface area contributed by atoms with E-state index < -0.39 is 0 Å². The summed E-state index contributed by atoms with van der Waals surface area (Å²) in [5.74, 6) is 0.507. The molecule has 1 spiro atoms. The van der Waals surface area contributed by atoms with Crippen molar-refractivity contribution >= 4 is 17.9 Å². The van der Waals surface area contributed by atoms with Crippen molar-refractivity contribution in [1.29, 1.82) is 5.41 Å². The number of allylic oxidation sites excluding steroid dienone is 4. The lowest BCUT2D eigenvalue weighted by molar-refractivity contribution is -0.124. The van der Waals surface area contributed by atoms with Gasteiger partial charge in [-0.05, 0) is 70.4 Å². The fraction of sp³-hybridized carbons (Fsp3) is 0.656. The van der Waals surface area contributed by atoms with Crippen molar-refractivity contribution in [3.8, 4) is 0 Å². The first-order valence-electron chi connectivity index (χ1n) is 15.0. The molecule has 2 atom stereocenters. The predicted molar refractivity (Wildman–Crippen MR) is 171 cm³/mol. The van der Waals surface area contributed by atoms with Gasteiger partial charge in [-0.25, -0.2) is 0 Å². The quantitative estimate of drug-likeness (QED) is 0.195. The zero-order valence-electron chi connectivity index (χ0n) is 27.2. The number of aldehydes is 1. The lowest BCUT2D eigenvalue weighted by Gasteiger charge is -2.34. The third kappa shape index (κ3) is 14.3. The molecule has 0 aromatic rings. The van der Waals surface area contributed by atoms with Crippen LogP contribution in [0.15, 0.2) is 47.5 Å².